The van der Waals surface area contributed by atoms with Gasteiger partial charge in [0.2, 0.25) is 0 Å². The molecule has 1 unspecified atom stereocenters. The number of hydrogen-bond acceptors (Lipinski definition) is 7. The van der Waals surface area contributed by atoms with Gasteiger partial charge in [0.05, 0.1) is 36.7 Å². The van der Waals surface area contributed by atoms with Gasteiger partial charge in [0.25, 0.3) is 5.91 Å². The normalized spacial score (nSPS) is 21.9. The summed E-state index contributed by atoms with van der Waals surface area (Å²) in [7, 11) is 0. The Morgan fingerprint density at radius 2 is 1.92 bits per heavy atom. The number of fused-ring (bicyclic) bond motifs is 1. The first-order chi connectivity index (χ1) is 18.5. The molecule has 0 aliphatic carbocycles. The number of morpholine rings is 1. The molecule has 4 aliphatic rings. The summed E-state index contributed by atoms with van der Waals surface area (Å²) in [5.41, 5.74) is 5.55. The van der Waals surface area contributed by atoms with Gasteiger partial charge in [-0.3, -0.25) is 19.5 Å². The van der Waals surface area contributed by atoms with Crippen LogP contribution in [-0.4, -0.2) is 71.6 Å². The molecule has 1 fully saturated rings. The monoisotopic (exact) mass is 583 g/mol. The quantitative estimate of drug-likeness (QED) is 0.479. The van der Waals surface area contributed by atoms with Crippen molar-refractivity contribution in [3.8, 4) is 0 Å². The third kappa shape index (κ3) is 6.28. The van der Waals surface area contributed by atoms with Crippen LogP contribution in [0, 0.1) is 5.92 Å². The van der Waals surface area contributed by atoms with E-state index in [9.17, 15) is 9.59 Å². The SMILES string of the molecule is Cl.O=C1Nc2ccc(CN3N=C(c4ccc(Cl)cc4)CSC3=O)cc2/C1=C/C1=CC(CN2CCOCC2)C=N1. The average molecular weight is 585 g/mol. The molecule has 0 radical (unpaired) electrons. The molecule has 4 aliphatic heterocycles. The maximum Gasteiger partial charge on any atom is 0.302 e. The van der Waals surface area contributed by atoms with E-state index in [4.69, 9.17) is 16.3 Å². The van der Waals surface area contributed by atoms with Crippen LogP contribution in [0.15, 0.2) is 70.4 Å². The molecule has 202 valence electrons. The first-order valence-corrected chi connectivity index (χ1v) is 13.9. The standard InChI is InChI=1S/C28H26ClN5O3S.ClH/c29-21-4-2-20(3-5-21)26-17-38-28(36)34(32-26)16-18-1-6-25-23(12-18)24(27(35)31-25)13-22-11-19(14-30-22)15-33-7-9-37-10-8-33;/h1-6,11-14,19H,7-10,15-17H2,(H,31,35);1H/b24-13-;. The number of carbonyl (C=O) groups is 2. The fourth-order valence-corrected chi connectivity index (χ4v) is 5.72. The molecule has 11 heteroatoms. The molecule has 0 spiro atoms. The number of nitrogens with zero attached hydrogens (tertiary/aromatic N) is 4. The van der Waals surface area contributed by atoms with E-state index in [1.807, 2.05) is 54.8 Å². The van der Waals surface area contributed by atoms with Crippen molar-refractivity contribution in [2.45, 2.75) is 6.54 Å². The summed E-state index contributed by atoms with van der Waals surface area (Å²) in [4.78, 5) is 32.4. The number of benzene rings is 2. The summed E-state index contributed by atoms with van der Waals surface area (Å²) in [5, 5.41) is 9.59. The molecule has 2 amide bonds. The van der Waals surface area contributed by atoms with E-state index >= 15 is 0 Å². The molecular formula is C28H27Cl2N5O3S. The Kier molecular flexibility index (Phi) is 8.54. The zero-order valence-corrected chi connectivity index (χ0v) is 23.4. The lowest BCUT2D eigenvalue weighted by molar-refractivity contribution is -0.110. The van der Waals surface area contributed by atoms with Crippen LogP contribution < -0.4 is 5.32 Å². The van der Waals surface area contributed by atoms with E-state index in [1.54, 1.807) is 0 Å². The Hall–Kier alpha value is -2.95. The van der Waals surface area contributed by atoms with Gasteiger partial charge >= 0.3 is 5.24 Å². The summed E-state index contributed by atoms with van der Waals surface area (Å²) in [6.45, 7) is 4.58. The van der Waals surface area contributed by atoms with Crippen molar-refractivity contribution in [3.63, 3.8) is 0 Å². The Morgan fingerprint density at radius 3 is 2.72 bits per heavy atom. The highest BCUT2D eigenvalue weighted by molar-refractivity contribution is 8.14. The molecule has 1 N–H and O–H groups in total. The van der Waals surface area contributed by atoms with Crippen molar-refractivity contribution in [1.82, 2.24) is 9.91 Å². The van der Waals surface area contributed by atoms with Crippen molar-refractivity contribution in [2.24, 2.45) is 16.0 Å². The Morgan fingerprint density at radius 1 is 1.13 bits per heavy atom. The van der Waals surface area contributed by atoms with Gasteiger partial charge in [0, 0.05) is 53.8 Å². The summed E-state index contributed by atoms with van der Waals surface area (Å²) in [6, 6.07) is 13.2. The number of hydrogen-bond donors (Lipinski definition) is 1. The highest BCUT2D eigenvalue weighted by Gasteiger charge is 2.27. The lowest BCUT2D eigenvalue weighted by atomic mass is 10.0. The number of thioether (sulfide) groups is 1. The predicted molar refractivity (Wildman–Crippen MR) is 159 cm³/mol. The number of ether oxygens (including phenoxy) is 1. The fourth-order valence-electron chi connectivity index (χ4n) is 4.86. The minimum absolute atomic E-state index is 0. The maximum absolute atomic E-state index is 12.8. The lowest BCUT2D eigenvalue weighted by Crippen LogP contribution is -2.39. The second-order valence-electron chi connectivity index (χ2n) is 9.50. The zero-order valence-electron chi connectivity index (χ0n) is 21.0. The van der Waals surface area contributed by atoms with Crippen molar-refractivity contribution < 1.29 is 14.3 Å². The highest BCUT2D eigenvalue weighted by atomic mass is 35.5. The van der Waals surface area contributed by atoms with Gasteiger partial charge in [-0.25, -0.2) is 5.01 Å². The van der Waals surface area contributed by atoms with E-state index < -0.39 is 0 Å². The summed E-state index contributed by atoms with van der Waals surface area (Å²) < 4.78 is 5.43. The van der Waals surface area contributed by atoms with Crippen LogP contribution in [0.3, 0.4) is 0 Å². The topological polar surface area (TPSA) is 86.6 Å². The third-order valence-electron chi connectivity index (χ3n) is 6.83. The minimum Gasteiger partial charge on any atom is -0.379 e. The Bertz CT molecular complexity index is 1400. The van der Waals surface area contributed by atoms with Crippen LogP contribution >= 0.6 is 35.8 Å². The number of amides is 2. The molecule has 1 atom stereocenters. The van der Waals surface area contributed by atoms with Gasteiger partial charge in [-0.1, -0.05) is 41.6 Å². The van der Waals surface area contributed by atoms with E-state index in [0.717, 1.165) is 66.6 Å². The molecule has 0 aromatic heterocycles. The second kappa shape index (κ2) is 12.1. The van der Waals surface area contributed by atoms with Gasteiger partial charge in [-0.2, -0.15) is 5.10 Å². The van der Waals surface area contributed by atoms with E-state index in [0.29, 0.717) is 22.9 Å². The van der Waals surface area contributed by atoms with Gasteiger partial charge in [-0.15, -0.1) is 12.4 Å². The fraction of sp³-hybridized carbons (Fsp3) is 0.286. The molecule has 2 aromatic carbocycles. The summed E-state index contributed by atoms with van der Waals surface area (Å²) in [6.07, 6.45) is 5.90. The number of rotatable bonds is 6. The molecule has 39 heavy (non-hydrogen) atoms. The van der Waals surface area contributed by atoms with Gasteiger partial charge in [0.1, 0.15) is 0 Å². The molecule has 2 aromatic rings. The molecule has 6 rings (SSSR count). The largest absolute Gasteiger partial charge is 0.379 e. The zero-order chi connectivity index (χ0) is 26.1. The van der Waals surface area contributed by atoms with Crippen LogP contribution in [0.25, 0.3) is 5.57 Å². The van der Waals surface area contributed by atoms with Gasteiger partial charge in [0.15, 0.2) is 0 Å². The van der Waals surface area contributed by atoms with Crippen LogP contribution in [0.4, 0.5) is 10.5 Å². The highest BCUT2D eigenvalue weighted by Crippen LogP contribution is 2.35. The predicted octanol–water partition coefficient (Wildman–Crippen LogP) is 5.09. The lowest BCUT2D eigenvalue weighted by Gasteiger charge is -2.27. The van der Waals surface area contributed by atoms with Crippen molar-refractivity contribution in [3.05, 3.63) is 82.0 Å². The van der Waals surface area contributed by atoms with Crippen LogP contribution in [-0.2, 0) is 16.1 Å². The molecule has 0 bridgehead atoms. The first kappa shape index (κ1) is 27.6. The number of anilines is 1. The first-order valence-electron chi connectivity index (χ1n) is 12.5. The number of aliphatic imine (C=N–C) groups is 1. The van der Waals surface area contributed by atoms with E-state index in [1.165, 1.54) is 16.8 Å². The number of allylic oxidation sites excluding steroid dienone is 1. The average Bonchev–Trinajstić information content (AvgIpc) is 3.50. The summed E-state index contributed by atoms with van der Waals surface area (Å²) >= 11 is 7.24. The molecule has 0 saturated carbocycles. The Balaban J connectivity index is 0.00000308. The van der Waals surface area contributed by atoms with E-state index in [-0.39, 0.29) is 29.5 Å². The molecule has 8 nitrogen and oxygen atoms in total. The van der Waals surface area contributed by atoms with Crippen LogP contribution in [0.5, 0.6) is 0 Å². The van der Waals surface area contributed by atoms with Crippen LogP contribution in [0.2, 0.25) is 5.02 Å². The third-order valence-corrected chi connectivity index (χ3v) is 7.95. The number of carbonyl (C=O) groups excluding carboxylic acids is 2. The second-order valence-corrected chi connectivity index (χ2v) is 10.9. The Labute approximate surface area is 242 Å². The van der Waals surface area contributed by atoms with Gasteiger partial charge < -0.3 is 10.1 Å². The molecule has 4 heterocycles. The summed E-state index contributed by atoms with van der Waals surface area (Å²) in [5.74, 6) is 0.567. The van der Waals surface area contributed by atoms with Crippen LogP contribution in [0.1, 0.15) is 16.7 Å². The molecule has 1 saturated heterocycles. The van der Waals surface area contributed by atoms with Gasteiger partial charge in [-0.05, 0) is 47.5 Å². The number of hydrazone groups is 1. The van der Waals surface area contributed by atoms with Crippen molar-refractivity contribution in [2.75, 3.05) is 43.9 Å². The maximum atomic E-state index is 12.8. The molecular weight excluding hydrogens is 557 g/mol. The minimum atomic E-state index is -0.155. The van der Waals surface area contributed by atoms with E-state index in [2.05, 4.69) is 26.4 Å². The number of halogens is 2. The number of nitrogens with one attached hydrogen (secondary N) is 1. The van der Waals surface area contributed by atoms with Crippen molar-refractivity contribution >= 4 is 70.1 Å². The smallest absolute Gasteiger partial charge is 0.302 e. The van der Waals surface area contributed by atoms with Crippen molar-refractivity contribution in [1.29, 1.82) is 0 Å².